The summed E-state index contributed by atoms with van der Waals surface area (Å²) in [5.41, 5.74) is 1.35. The van der Waals surface area contributed by atoms with Crippen molar-refractivity contribution in [3.8, 4) is 0 Å². The Bertz CT molecular complexity index is 673. The number of halogens is 1. The number of nitrogens with zero attached hydrogens (tertiary/aromatic N) is 2. The van der Waals surface area contributed by atoms with Crippen LogP contribution in [0.15, 0.2) is 18.2 Å². The van der Waals surface area contributed by atoms with Crippen LogP contribution in [0, 0.1) is 15.9 Å². The second-order valence-electron chi connectivity index (χ2n) is 5.40. The molecule has 18 heavy (non-hydrogen) atoms. The Hall–Kier alpha value is -1.91. The molecule has 5 heteroatoms. The van der Waals surface area contributed by atoms with Crippen molar-refractivity contribution in [1.82, 2.24) is 4.57 Å². The fourth-order valence-corrected chi connectivity index (χ4v) is 2.86. The fraction of sp³-hybridized carbons (Fsp3) is 0.385. The number of nitro groups is 1. The van der Waals surface area contributed by atoms with Crippen LogP contribution in [0.3, 0.4) is 0 Å². The lowest BCUT2D eigenvalue weighted by Crippen LogP contribution is -2.20. The van der Waals surface area contributed by atoms with Gasteiger partial charge in [0.05, 0.1) is 10.4 Å². The molecule has 0 fully saturated rings. The molecule has 0 aliphatic carbocycles. The Labute approximate surface area is 103 Å². The van der Waals surface area contributed by atoms with Crippen LogP contribution >= 0.6 is 0 Å². The maximum atomic E-state index is 13.6. The van der Waals surface area contributed by atoms with E-state index in [0.717, 1.165) is 29.4 Å². The molecular formula is C13H13FN2O2. The minimum Gasteiger partial charge on any atom is -0.339 e. The van der Waals surface area contributed by atoms with E-state index in [4.69, 9.17) is 0 Å². The highest BCUT2D eigenvalue weighted by molar-refractivity contribution is 5.84. The van der Waals surface area contributed by atoms with Crippen molar-refractivity contribution in [2.45, 2.75) is 32.2 Å². The Balaban J connectivity index is 2.36. The van der Waals surface area contributed by atoms with Crippen molar-refractivity contribution in [3.05, 3.63) is 39.8 Å². The van der Waals surface area contributed by atoms with E-state index >= 15 is 0 Å². The predicted octanol–water partition coefficient (Wildman–Crippen LogP) is 3.37. The van der Waals surface area contributed by atoms with Gasteiger partial charge in [0.15, 0.2) is 0 Å². The Morgan fingerprint density at radius 1 is 1.39 bits per heavy atom. The predicted molar refractivity (Wildman–Crippen MR) is 66.2 cm³/mol. The van der Waals surface area contributed by atoms with Crippen molar-refractivity contribution in [2.24, 2.45) is 0 Å². The number of hydrogen-bond acceptors (Lipinski definition) is 2. The molecule has 0 unspecified atom stereocenters. The van der Waals surface area contributed by atoms with Gasteiger partial charge in [-0.3, -0.25) is 10.1 Å². The summed E-state index contributed by atoms with van der Waals surface area (Å²) in [6, 6.07) is 4.53. The minimum atomic E-state index is -0.769. The smallest absolute Gasteiger partial charge is 0.306 e. The zero-order chi connectivity index (χ0) is 13.1. The largest absolute Gasteiger partial charge is 0.339 e. The van der Waals surface area contributed by atoms with Crippen molar-refractivity contribution in [3.63, 3.8) is 0 Å². The Morgan fingerprint density at radius 2 is 2.11 bits per heavy atom. The van der Waals surface area contributed by atoms with Crippen LogP contribution in [-0.2, 0) is 12.0 Å². The van der Waals surface area contributed by atoms with Crippen molar-refractivity contribution < 1.29 is 9.31 Å². The zero-order valence-electron chi connectivity index (χ0n) is 10.2. The lowest BCUT2D eigenvalue weighted by molar-refractivity contribution is -0.387. The first-order valence-electron chi connectivity index (χ1n) is 5.89. The third-order valence-electron chi connectivity index (χ3n) is 3.74. The summed E-state index contributed by atoms with van der Waals surface area (Å²) < 4.78 is 15.7. The molecule has 0 N–H and O–H groups in total. The van der Waals surface area contributed by atoms with E-state index < -0.39 is 16.4 Å². The van der Waals surface area contributed by atoms with Crippen LogP contribution < -0.4 is 0 Å². The number of rotatable bonds is 1. The summed E-state index contributed by atoms with van der Waals surface area (Å²) in [7, 11) is 0. The normalized spacial score (nSPS) is 17.1. The van der Waals surface area contributed by atoms with E-state index in [1.807, 2.05) is 6.07 Å². The van der Waals surface area contributed by atoms with E-state index in [1.54, 1.807) is 0 Å². The summed E-state index contributed by atoms with van der Waals surface area (Å²) in [4.78, 5) is 10.1. The number of fused-ring (bicyclic) bond motifs is 3. The number of benzene rings is 1. The summed E-state index contributed by atoms with van der Waals surface area (Å²) >= 11 is 0. The van der Waals surface area contributed by atoms with Gasteiger partial charge < -0.3 is 4.57 Å². The van der Waals surface area contributed by atoms with Crippen LogP contribution in [0.25, 0.3) is 10.9 Å². The van der Waals surface area contributed by atoms with Gasteiger partial charge in [0.2, 0.25) is 5.82 Å². The molecule has 0 atom stereocenters. The number of hydrogen-bond donors (Lipinski definition) is 0. The first-order valence-corrected chi connectivity index (χ1v) is 5.89. The average molecular weight is 248 g/mol. The highest BCUT2D eigenvalue weighted by atomic mass is 19.1. The third-order valence-corrected chi connectivity index (χ3v) is 3.74. The fourth-order valence-electron chi connectivity index (χ4n) is 2.86. The monoisotopic (exact) mass is 248 g/mol. The lowest BCUT2D eigenvalue weighted by Gasteiger charge is -2.22. The lowest BCUT2D eigenvalue weighted by atomic mass is 10.0. The maximum Gasteiger partial charge on any atom is 0.306 e. The molecular weight excluding hydrogens is 235 g/mol. The van der Waals surface area contributed by atoms with Gasteiger partial charge in [-0.1, -0.05) is 0 Å². The molecule has 0 radical (unpaired) electrons. The second-order valence-corrected chi connectivity index (χ2v) is 5.40. The van der Waals surface area contributed by atoms with Crippen LogP contribution in [0.1, 0.15) is 26.0 Å². The van der Waals surface area contributed by atoms with Crippen LogP contribution in [0.5, 0.6) is 0 Å². The van der Waals surface area contributed by atoms with Crippen LogP contribution in [0.4, 0.5) is 10.1 Å². The van der Waals surface area contributed by atoms with Gasteiger partial charge in [-0.15, -0.1) is 0 Å². The van der Waals surface area contributed by atoms with E-state index in [1.165, 1.54) is 12.1 Å². The molecule has 0 bridgehead atoms. The molecule has 1 aliphatic rings. The molecule has 1 aromatic carbocycles. The van der Waals surface area contributed by atoms with Crippen LogP contribution in [0.2, 0.25) is 0 Å². The summed E-state index contributed by atoms with van der Waals surface area (Å²) in [6.07, 6.45) is 1.93. The SMILES string of the molecule is CC1(C)CCc2cc3cc(F)c([N+](=O)[O-])cc3n21. The Morgan fingerprint density at radius 3 is 2.78 bits per heavy atom. The van der Waals surface area contributed by atoms with Gasteiger partial charge in [-0.05, 0) is 38.8 Å². The van der Waals surface area contributed by atoms with Crippen molar-refractivity contribution in [2.75, 3.05) is 0 Å². The zero-order valence-corrected chi connectivity index (χ0v) is 10.2. The first kappa shape index (κ1) is 11.2. The third kappa shape index (κ3) is 1.36. The van der Waals surface area contributed by atoms with E-state index in [9.17, 15) is 14.5 Å². The molecule has 0 saturated heterocycles. The maximum absolute atomic E-state index is 13.6. The number of aromatic nitrogens is 1. The highest BCUT2D eigenvalue weighted by Crippen LogP contribution is 2.38. The van der Waals surface area contributed by atoms with Gasteiger partial charge >= 0.3 is 5.69 Å². The molecule has 0 spiro atoms. The number of nitro benzene ring substituents is 1. The standard InChI is InChI=1S/C13H13FN2O2/c1-13(2)4-3-9-5-8-6-10(14)12(16(17)18)7-11(8)15(9)13/h5-7H,3-4H2,1-2H3. The van der Waals surface area contributed by atoms with E-state index in [2.05, 4.69) is 18.4 Å². The van der Waals surface area contributed by atoms with Gasteiger partial charge in [0.25, 0.3) is 0 Å². The number of aryl methyl sites for hydroxylation is 1. The first-order chi connectivity index (χ1) is 8.40. The highest BCUT2D eigenvalue weighted by Gasteiger charge is 2.32. The molecule has 1 aromatic heterocycles. The minimum absolute atomic E-state index is 0.0667. The molecule has 1 aliphatic heterocycles. The molecule has 4 nitrogen and oxygen atoms in total. The van der Waals surface area contributed by atoms with Crippen molar-refractivity contribution >= 4 is 16.6 Å². The van der Waals surface area contributed by atoms with Gasteiger partial charge in [0.1, 0.15) is 0 Å². The molecule has 0 saturated carbocycles. The van der Waals surface area contributed by atoms with E-state index in [-0.39, 0.29) is 5.54 Å². The van der Waals surface area contributed by atoms with Gasteiger partial charge in [0, 0.05) is 22.7 Å². The summed E-state index contributed by atoms with van der Waals surface area (Å²) in [5.74, 6) is -0.769. The van der Waals surface area contributed by atoms with Crippen molar-refractivity contribution in [1.29, 1.82) is 0 Å². The van der Waals surface area contributed by atoms with Gasteiger partial charge in [-0.2, -0.15) is 4.39 Å². The summed E-state index contributed by atoms with van der Waals surface area (Å²) in [5, 5.41) is 11.5. The molecule has 2 heterocycles. The topological polar surface area (TPSA) is 48.1 Å². The van der Waals surface area contributed by atoms with Crippen LogP contribution in [-0.4, -0.2) is 9.49 Å². The van der Waals surface area contributed by atoms with Gasteiger partial charge in [-0.25, -0.2) is 0 Å². The van der Waals surface area contributed by atoms with E-state index in [0.29, 0.717) is 0 Å². The molecule has 94 valence electrons. The Kier molecular flexibility index (Phi) is 2.06. The molecule has 0 amide bonds. The average Bonchev–Trinajstić information content (AvgIpc) is 2.75. The molecule has 3 rings (SSSR count). The summed E-state index contributed by atoms with van der Waals surface area (Å²) in [6.45, 7) is 4.19. The molecule has 2 aromatic rings. The quantitative estimate of drug-likeness (QED) is 0.573. The second kappa shape index (κ2) is 3.31.